The highest BCUT2D eigenvalue weighted by atomic mass is 19.1. The number of aliphatic hydroxyl groups excluding tert-OH is 2. The van der Waals surface area contributed by atoms with Crippen molar-refractivity contribution in [3.63, 3.8) is 0 Å². The smallest absolute Gasteiger partial charge is 0.329 e. The van der Waals surface area contributed by atoms with Gasteiger partial charge in [0.05, 0.1) is 18.9 Å². The third kappa shape index (κ3) is 10.5. The molecule has 0 heterocycles. The third-order valence-corrected chi connectivity index (χ3v) is 4.34. The minimum absolute atomic E-state index is 0.0416. The summed E-state index contributed by atoms with van der Waals surface area (Å²) in [5, 5.41) is 20.8. The zero-order valence-electron chi connectivity index (χ0n) is 20.8. The number of anilines is 1. The summed E-state index contributed by atoms with van der Waals surface area (Å²) in [6.45, 7) is 9.93. The average Bonchev–Trinajstić information content (AvgIpc) is 2.68. The number of nitrogens with one attached hydrogen (secondary N) is 1. The van der Waals surface area contributed by atoms with Crippen molar-refractivity contribution in [2.75, 3.05) is 31.2 Å². The average molecular weight is 485 g/mol. The first-order chi connectivity index (χ1) is 15.7. The van der Waals surface area contributed by atoms with Crippen LogP contribution in [0.5, 0.6) is 0 Å². The first kappa shape index (κ1) is 29.3. The standard InChI is InChI=1S/C24H37FN2O7/c1-23(2,3)33-20(30)10-8-18(22(32)34-24(4,5)6)26-21(31)16-7-9-19(17(25)15-16)27(11-13-28)12-14-29/h7,9,15,18,28-29H,8,10-14H2,1-6H3,(H,26,31). The predicted octanol–water partition coefficient (Wildman–Crippen LogP) is 2.18. The molecule has 9 nitrogen and oxygen atoms in total. The fourth-order valence-corrected chi connectivity index (χ4v) is 3.02. The highest BCUT2D eigenvalue weighted by molar-refractivity contribution is 5.97. The molecule has 3 N–H and O–H groups in total. The maximum atomic E-state index is 14.7. The summed E-state index contributed by atoms with van der Waals surface area (Å²) in [6, 6.07) is 2.59. The number of rotatable bonds is 11. The number of amides is 1. The molecule has 192 valence electrons. The molecule has 10 heteroatoms. The molecule has 0 spiro atoms. The molecular formula is C24H37FN2O7. The number of carbonyl (C=O) groups is 3. The molecule has 0 aliphatic heterocycles. The Labute approximate surface area is 200 Å². The van der Waals surface area contributed by atoms with Crippen molar-refractivity contribution in [1.29, 1.82) is 0 Å². The summed E-state index contributed by atoms with van der Waals surface area (Å²) in [6.07, 6.45) is -0.192. The molecule has 0 aromatic heterocycles. The molecule has 0 saturated heterocycles. The van der Waals surface area contributed by atoms with Gasteiger partial charge in [0.2, 0.25) is 0 Å². The minimum Gasteiger partial charge on any atom is -0.460 e. The lowest BCUT2D eigenvalue weighted by molar-refractivity contribution is -0.158. The van der Waals surface area contributed by atoms with Crippen LogP contribution in [0.15, 0.2) is 18.2 Å². The van der Waals surface area contributed by atoms with Crippen LogP contribution >= 0.6 is 0 Å². The summed E-state index contributed by atoms with van der Waals surface area (Å²) in [7, 11) is 0. The Kier molecular flexibility index (Phi) is 10.9. The van der Waals surface area contributed by atoms with Crippen LogP contribution in [0.25, 0.3) is 0 Å². The first-order valence-electron chi connectivity index (χ1n) is 11.2. The van der Waals surface area contributed by atoms with E-state index in [1.165, 1.54) is 17.0 Å². The number of carbonyl (C=O) groups excluding carboxylic acids is 3. The van der Waals surface area contributed by atoms with E-state index in [4.69, 9.17) is 19.7 Å². The van der Waals surface area contributed by atoms with Crippen LogP contribution in [-0.4, -0.2) is 71.6 Å². The predicted molar refractivity (Wildman–Crippen MR) is 125 cm³/mol. The Morgan fingerprint density at radius 3 is 2.03 bits per heavy atom. The number of halogens is 1. The summed E-state index contributed by atoms with van der Waals surface area (Å²) < 4.78 is 25.3. The second-order valence-electron chi connectivity index (χ2n) is 9.79. The van der Waals surface area contributed by atoms with Crippen LogP contribution < -0.4 is 10.2 Å². The fraction of sp³-hybridized carbons (Fsp3) is 0.625. The van der Waals surface area contributed by atoms with E-state index < -0.39 is 40.9 Å². The van der Waals surface area contributed by atoms with Gasteiger partial charge in [0.1, 0.15) is 23.1 Å². The van der Waals surface area contributed by atoms with Gasteiger partial charge in [0.15, 0.2) is 0 Å². The van der Waals surface area contributed by atoms with Crippen LogP contribution in [0, 0.1) is 5.82 Å². The van der Waals surface area contributed by atoms with Crippen molar-refractivity contribution in [3.05, 3.63) is 29.6 Å². The molecule has 34 heavy (non-hydrogen) atoms. The summed E-state index contributed by atoms with van der Waals surface area (Å²) in [5.41, 5.74) is -1.43. The number of benzene rings is 1. The van der Waals surface area contributed by atoms with Crippen LogP contribution in [0.1, 0.15) is 64.7 Å². The van der Waals surface area contributed by atoms with Gasteiger partial charge in [-0.25, -0.2) is 9.18 Å². The van der Waals surface area contributed by atoms with E-state index in [-0.39, 0.29) is 50.4 Å². The largest absolute Gasteiger partial charge is 0.460 e. The van der Waals surface area contributed by atoms with Crippen LogP contribution in [0.3, 0.4) is 0 Å². The van der Waals surface area contributed by atoms with E-state index in [2.05, 4.69) is 5.32 Å². The molecule has 1 aromatic carbocycles. The molecule has 1 unspecified atom stereocenters. The Bertz CT molecular complexity index is 841. The maximum absolute atomic E-state index is 14.7. The number of ether oxygens (including phenoxy) is 2. The van der Waals surface area contributed by atoms with Gasteiger partial charge in [-0.1, -0.05) is 0 Å². The van der Waals surface area contributed by atoms with Gasteiger partial charge in [0.25, 0.3) is 5.91 Å². The number of aliphatic hydroxyl groups is 2. The van der Waals surface area contributed by atoms with Crippen molar-refractivity contribution >= 4 is 23.5 Å². The molecular weight excluding hydrogens is 447 g/mol. The molecule has 0 aliphatic rings. The molecule has 0 radical (unpaired) electrons. The van der Waals surface area contributed by atoms with Crippen LogP contribution in [0.2, 0.25) is 0 Å². The molecule has 0 bridgehead atoms. The first-order valence-corrected chi connectivity index (χ1v) is 11.2. The second kappa shape index (κ2) is 12.7. The van der Waals surface area contributed by atoms with E-state index >= 15 is 0 Å². The van der Waals surface area contributed by atoms with E-state index in [1.54, 1.807) is 41.5 Å². The molecule has 1 aromatic rings. The van der Waals surface area contributed by atoms with E-state index in [0.717, 1.165) is 6.07 Å². The highest BCUT2D eigenvalue weighted by Gasteiger charge is 2.29. The number of nitrogens with zero attached hydrogens (tertiary/aromatic N) is 1. The van der Waals surface area contributed by atoms with Crippen LogP contribution in [0.4, 0.5) is 10.1 Å². The van der Waals surface area contributed by atoms with Crippen molar-refractivity contribution < 1.29 is 38.5 Å². The number of esters is 2. The molecule has 0 saturated carbocycles. The lowest BCUT2D eigenvalue weighted by Gasteiger charge is -2.25. The lowest BCUT2D eigenvalue weighted by atomic mass is 10.1. The normalized spacial score (nSPS) is 12.6. The summed E-state index contributed by atoms with van der Waals surface area (Å²) >= 11 is 0. The molecule has 0 aliphatic carbocycles. The van der Waals surface area contributed by atoms with E-state index in [1.807, 2.05) is 0 Å². The zero-order chi connectivity index (χ0) is 26.1. The molecule has 0 fully saturated rings. The van der Waals surface area contributed by atoms with Crippen molar-refractivity contribution in [2.24, 2.45) is 0 Å². The fourth-order valence-electron chi connectivity index (χ4n) is 3.02. The van der Waals surface area contributed by atoms with E-state index in [0.29, 0.717) is 0 Å². The van der Waals surface area contributed by atoms with Gasteiger partial charge in [-0.2, -0.15) is 0 Å². The quantitative estimate of drug-likeness (QED) is 0.408. The SMILES string of the molecule is CC(C)(C)OC(=O)CCC(NC(=O)c1ccc(N(CCO)CCO)c(F)c1)C(=O)OC(C)(C)C. The topological polar surface area (TPSA) is 125 Å². The van der Waals surface area contributed by atoms with Gasteiger partial charge >= 0.3 is 11.9 Å². The van der Waals surface area contributed by atoms with Gasteiger partial charge in [0, 0.05) is 25.1 Å². The zero-order valence-corrected chi connectivity index (χ0v) is 20.8. The van der Waals surface area contributed by atoms with Crippen molar-refractivity contribution in [2.45, 2.75) is 71.6 Å². The summed E-state index contributed by atoms with van der Waals surface area (Å²) in [4.78, 5) is 39.0. The third-order valence-electron chi connectivity index (χ3n) is 4.34. The Morgan fingerprint density at radius 2 is 1.56 bits per heavy atom. The van der Waals surface area contributed by atoms with Gasteiger partial charge in [-0.3, -0.25) is 9.59 Å². The van der Waals surface area contributed by atoms with Crippen molar-refractivity contribution in [1.82, 2.24) is 5.32 Å². The Morgan fingerprint density at radius 1 is 1.00 bits per heavy atom. The molecule has 1 amide bonds. The molecule has 1 rings (SSSR count). The highest BCUT2D eigenvalue weighted by Crippen LogP contribution is 2.21. The monoisotopic (exact) mass is 484 g/mol. The minimum atomic E-state index is -1.15. The van der Waals surface area contributed by atoms with E-state index in [9.17, 15) is 18.8 Å². The van der Waals surface area contributed by atoms with Gasteiger partial charge in [-0.05, 0) is 66.2 Å². The molecule has 1 atom stereocenters. The number of hydrogen-bond donors (Lipinski definition) is 3. The van der Waals surface area contributed by atoms with Gasteiger partial charge < -0.3 is 29.9 Å². The lowest BCUT2D eigenvalue weighted by Crippen LogP contribution is -2.44. The van der Waals surface area contributed by atoms with Crippen LogP contribution in [-0.2, 0) is 19.1 Å². The van der Waals surface area contributed by atoms with Gasteiger partial charge in [-0.15, -0.1) is 0 Å². The second-order valence-corrected chi connectivity index (χ2v) is 9.79. The Hall–Kier alpha value is -2.72. The van der Waals surface area contributed by atoms with Crippen molar-refractivity contribution in [3.8, 4) is 0 Å². The Balaban J connectivity index is 3.03. The number of hydrogen-bond acceptors (Lipinski definition) is 8. The summed E-state index contributed by atoms with van der Waals surface area (Å²) in [5.74, 6) is -2.70. The maximum Gasteiger partial charge on any atom is 0.329 e.